The van der Waals surface area contributed by atoms with Crippen LogP contribution in [-0.4, -0.2) is 32.8 Å². The standard InChI is InChI=1S/C24H50NO4P/c1-3-4-5-6-7-8-9-10-11-12-13-14-15-16-17-18-23-28-30(26,27)29-24-19-21-25(2)22-20-24/h24H,3-23H2,1-2H3,(H,26,27). The van der Waals surface area contributed by atoms with Crippen molar-refractivity contribution in [2.24, 2.45) is 0 Å². The Hall–Kier alpha value is 0.0700. The van der Waals surface area contributed by atoms with Gasteiger partial charge in [0.1, 0.15) is 0 Å². The van der Waals surface area contributed by atoms with Crippen molar-refractivity contribution in [1.29, 1.82) is 0 Å². The summed E-state index contributed by atoms with van der Waals surface area (Å²) in [7, 11) is -2.00. The average molecular weight is 448 g/mol. The number of piperidine rings is 1. The first kappa shape index (κ1) is 28.1. The summed E-state index contributed by atoms with van der Waals surface area (Å²) >= 11 is 0. The smallest absolute Gasteiger partial charge is 0.268 e. The lowest BCUT2D eigenvalue weighted by Crippen LogP contribution is -3.10. The van der Waals surface area contributed by atoms with E-state index in [1.54, 1.807) is 0 Å². The quantitative estimate of drug-likeness (QED) is 0.200. The van der Waals surface area contributed by atoms with E-state index in [2.05, 4.69) is 14.0 Å². The van der Waals surface area contributed by atoms with Crippen LogP contribution >= 0.6 is 7.82 Å². The number of nitrogens with one attached hydrogen (secondary N) is 1. The van der Waals surface area contributed by atoms with E-state index in [1.807, 2.05) is 0 Å². The van der Waals surface area contributed by atoms with Gasteiger partial charge in [-0.15, -0.1) is 0 Å². The molecule has 1 saturated heterocycles. The highest BCUT2D eigenvalue weighted by Gasteiger charge is 2.24. The number of phosphoric acid groups is 1. The molecule has 0 bridgehead atoms. The lowest BCUT2D eigenvalue weighted by atomic mass is 10.0. The predicted molar refractivity (Wildman–Crippen MR) is 124 cm³/mol. The van der Waals surface area contributed by atoms with E-state index in [9.17, 15) is 9.46 Å². The van der Waals surface area contributed by atoms with Crippen LogP contribution in [0.25, 0.3) is 0 Å². The molecule has 0 aliphatic carbocycles. The molecular weight excluding hydrogens is 397 g/mol. The second-order valence-electron chi connectivity index (χ2n) is 9.35. The minimum Gasteiger partial charge on any atom is -0.756 e. The van der Waals surface area contributed by atoms with Gasteiger partial charge >= 0.3 is 0 Å². The zero-order valence-corrected chi connectivity index (χ0v) is 20.9. The van der Waals surface area contributed by atoms with Crippen LogP contribution in [0, 0.1) is 0 Å². The van der Waals surface area contributed by atoms with Crippen molar-refractivity contribution in [3.63, 3.8) is 0 Å². The van der Waals surface area contributed by atoms with Gasteiger partial charge in [0.15, 0.2) is 0 Å². The maximum atomic E-state index is 11.9. The van der Waals surface area contributed by atoms with Gasteiger partial charge < -0.3 is 18.8 Å². The van der Waals surface area contributed by atoms with Gasteiger partial charge in [0.2, 0.25) is 0 Å². The SMILES string of the molecule is CCCCCCCCCCCCCCCCCCOP(=O)([O-])OC1CC[NH+](C)CC1. The molecule has 0 radical (unpaired) electrons. The first-order chi connectivity index (χ1) is 14.5. The van der Waals surface area contributed by atoms with Crippen LogP contribution in [0.4, 0.5) is 0 Å². The second kappa shape index (κ2) is 18.6. The summed E-state index contributed by atoms with van der Waals surface area (Å²) in [6, 6.07) is 0. The highest BCUT2D eigenvalue weighted by Crippen LogP contribution is 2.41. The van der Waals surface area contributed by atoms with Gasteiger partial charge in [0.05, 0.1) is 32.8 Å². The summed E-state index contributed by atoms with van der Waals surface area (Å²) in [5.41, 5.74) is 0. The molecule has 1 unspecified atom stereocenters. The number of hydrogen-bond donors (Lipinski definition) is 1. The topological polar surface area (TPSA) is 63.0 Å². The van der Waals surface area contributed by atoms with Crippen LogP contribution < -0.4 is 9.79 Å². The summed E-state index contributed by atoms with van der Waals surface area (Å²) in [6.07, 6.45) is 22.3. The molecule has 6 heteroatoms. The van der Waals surface area contributed by atoms with Gasteiger partial charge in [-0.1, -0.05) is 103 Å². The zero-order valence-electron chi connectivity index (χ0n) is 20.0. The van der Waals surface area contributed by atoms with Gasteiger partial charge in [0, 0.05) is 12.8 Å². The number of rotatable bonds is 20. The van der Waals surface area contributed by atoms with E-state index in [0.717, 1.165) is 38.8 Å². The molecule has 0 aromatic rings. The van der Waals surface area contributed by atoms with Crippen LogP contribution in [-0.2, 0) is 13.6 Å². The van der Waals surface area contributed by atoms with Gasteiger partial charge in [-0.05, 0) is 6.42 Å². The fraction of sp³-hybridized carbons (Fsp3) is 1.00. The summed E-state index contributed by atoms with van der Waals surface area (Å²) in [5, 5.41) is 0. The van der Waals surface area contributed by atoms with Crippen LogP contribution in [0.3, 0.4) is 0 Å². The van der Waals surface area contributed by atoms with E-state index in [4.69, 9.17) is 9.05 Å². The normalized spacial score (nSPS) is 21.6. The van der Waals surface area contributed by atoms with Gasteiger partial charge in [-0.2, -0.15) is 0 Å². The molecule has 0 aromatic heterocycles. The molecule has 1 aliphatic heterocycles. The Morgan fingerprint density at radius 2 is 1.17 bits per heavy atom. The predicted octanol–water partition coefficient (Wildman–Crippen LogP) is 5.43. The van der Waals surface area contributed by atoms with Crippen LogP contribution in [0.2, 0.25) is 0 Å². The first-order valence-corrected chi connectivity index (χ1v) is 14.4. The Balaban J connectivity index is 1.80. The maximum Gasteiger partial charge on any atom is 0.268 e. The molecule has 1 N–H and O–H groups in total. The number of quaternary nitrogens is 1. The van der Waals surface area contributed by atoms with Crippen molar-refractivity contribution in [1.82, 2.24) is 0 Å². The van der Waals surface area contributed by atoms with Crippen molar-refractivity contribution in [2.45, 2.75) is 129 Å². The molecule has 1 atom stereocenters. The third-order valence-electron chi connectivity index (χ3n) is 6.31. The van der Waals surface area contributed by atoms with Gasteiger partial charge in [0.25, 0.3) is 7.82 Å². The minimum absolute atomic E-state index is 0.192. The molecule has 0 spiro atoms. The number of unbranched alkanes of at least 4 members (excludes halogenated alkanes) is 15. The van der Waals surface area contributed by atoms with Crippen molar-refractivity contribution in [3.05, 3.63) is 0 Å². The zero-order chi connectivity index (χ0) is 21.9. The van der Waals surface area contributed by atoms with Crippen molar-refractivity contribution in [3.8, 4) is 0 Å². The van der Waals surface area contributed by atoms with E-state index in [1.165, 1.54) is 94.8 Å². The Labute approximate surface area is 186 Å². The van der Waals surface area contributed by atoms with E-state index in [0.29, 0.717) is 0 Å². The molecule has 0 aromatic carbocycles. The number of hydrogen-bond acceptors (Lipinski definition) is 4. The summed E-state index contributed by atoms with van der Waals surface area (Å²) in [4.78, 5) is 13.4. The highest BCUT2D eigenvalue weighted by atomic mass is 31.2. The monoisotopic (exact) mass is 447 g/mol. The minimum atomic E-state index is -4.13. The van der Waals surface area contributed by atoms with E-state index < -0.39 is 7.82 Å². The molecule has 180 valence electrons. The molecular formula is C24H50NO4P. The number of likely N-dealkylation sites (tertiary alicyclic amines) is 1. The molecule has 1 aliphatic rings. The number of phosphoric ester groups is 1. The molecule has 5 nitrogen and oxygen atoms in total. The van der Waals surface area contributed by atoms with Crippen molar-refractivity contribution >= 4 is 7.82 Å². The van der Waals surface area contributed by atoms with Crippen molar-refractivity contribution in [2.75, 3.05) is 26.7 Å². The summed E-state index contributed by atoms with van der Waals surface area (Å²) in [5.74, 6) is 0. The van der Waals surface area contributed by atoms with E-state index >= 15 is 0 Å². The summed E-state index contributed by atoms with van der Waals surface area (Å²) in [6.45, 7) is 4.46. The molecule has 30 heavy (non-hydrogen) atoms. The average Bonchev–Trinajstić information content (AvgIpc) is 2.72. The van der Waals surface area contributed by atoms with Gasteiger partial charge in [-0.3, -0.25) is 4.57 Å². The highest BCUT2D eigenvalue weighted by molar-refractivity contribution is 7.45. The van der Waals surface area contributed by atoms with Crippen LogP contribution in [0.5, 0.6) is 0 Å². The maximum absolute atomic E-state index is 11.9. The van der Waals surface area contributed by atoms with Crippen molar-refractivity contribution < 1.29 is 23.4 Å². The molecule has 1 heterocycles. The Bertz CT molecular complexity index is 427. The van der Waals surface area contributed by atoms with Gasteiger partial charge in [-0.25, -0.2) is 0 Å². The summed E-state index contributed by atoms with van der Waals surface area (Å²) < 4.78 is 22.2. The lowest BCUT2D eigenvalue weighted by molar-refractivity contribution is -0.885. The molecule has 1 fully saturated rings. The first-order valence-electron chi connectivity index (χ1n) is 13.0. The second-order valence-corrected chi connectivity index (χ2v) is 10.7. The molecule has 1 rings (SSSR count). The fourth-order valence-corrected chi connectivity index (χ4v) is 5.22. The lowest BCUT2D eigenvalue weighted by Gasteiger charge is -2.31. The molecule has 0 amide bonds. The largest absolute Gasteiger partial charge is 0.756 e. The third-order valence-corrected chi connectivity index (χ3v) is 7.37. The van der Waals surface area contributed by atoms with E-state index in [-0.39, 0.29) is 12.7 Å². The van der Waals surface area contributed by atoms with Crippen LogP contribution in [0.15, 0.2) is 0 Å². The fourth-order valence-electron chi connectivity index (χ4n) is 4.23. The Morgan fingerprint density at radius 3 is 1.60 bits per heavy atom. The Morgan fingerprint density at radius 1 is 0.767 bits per heavy atom. The Kier molecular flexibility index (Phi) is 17.4. The third kappa shape index (κ3) is 16.7. The van der Waals surface area contributed by atoms with Crippen LogP contribution in [0.1, 0.15) is 122 Å². The molecule has 0 saturated carbocycles.